The highest BCUT2D eigenvalue weighted by molar-refractivity contribution is 6.62. The second-order valence-electron chi connectivity index (χ2n) is 3.27. The van der Waals surface area contributed by atoms with Crippen LogP contribution in [0.15, 0.2) is 0 Å². The third-order valence-electron chi connectivity index (χ3n) is 2.38. The van der Waals surface area contributed by atoms with Crippen LogP contribution in [0.3, 0.4) is 0 Å². The van der Waals surface area contributed by atoms with Gasteiger partial charge in [-0.3, -0.25) is 0 Å². The van der Waals surface area contributed by atoms with Gasteiger partial charge in [0.25, 0.3) is 0 Å². The molecule has 0 bridgehead atoms. The van der Waals surface area contributed by atoms with Crippen LogP contribution in [0, 0.1) is 0 Å². The Balaban J connectivity index is 4.54. The van der Waals surface area contributed by atoms with E-state index in [4.69, 9.17) is 22.8 Å². The average Bonchev–Trinajstić information content (AvgIpc) is 2.30. The lowest BCUT2D eigenvalue weighted by atomic mass is 10.5. The van der Waals surface area contributed by atoms with Gasteiger partial charge in [-0.15, -0.1) is 0 Å². The van der Waals surface area contributed by atoms with Gasteiger partial charge in [-0.1, -0.05) is 6.92 Å². The van der Waals surface area contributed by atoms with Gasteiger partial charge in [-0.2, -0.15) is 0 Å². The molecule has 0 radical (unpaired) electrons. The maximum absolute atomic E-state index is 5.74. The van der Waals surface area contributed by atoms with E-state index in [-0.39, 0.29) is 12.0 Å². The van der Waals surface area contributed by atoms with Crippen LogP contribution in [0.25, 0.3) is 0 Å². The number of ether oxygens (including phenoxy) is 2. The standard InChI is InChI=1S/C10H24O5Si/c1-7-10(15-9(3)14-8-2)16(11-4,12-5)13-6/h9-10H,7-8H2,1-6H3. The molecule has 0 amide bonds. The van der Waals surface area contributed by atoms with Crippen molar-refractivity contribution < 1.29 is 22.8 Å². The van der Waals surface area contributed by atoms with Crippen molar-refractivity contribution in [2.45, 2.75) is 39.2 Å². The Morgan fingerprint density at radius 1 is 1.00 bits per heavy atom. The van der Waals surface area contributed by atoms with Gasteiger partial charge in [0.1, 0.15) is 5.73 Å². The van der Waals surface area contributed by atoms with Crippen LogP contribution in [-0.4, -0.2) is 48.8 Å². The van der Waals surface area contributed by atoms with Crippen LogP contribution in [-0.2, 0) is 22.8 Å². The van der Waals surface area contributed by atoms with E-state index in [0.717, 1.165) is 6.42 Å². The monoisotopic (exact) mass is 252 g/mol. The van der Waals surface area contributed by atoms with Crippen molar-refractivity contribution in [3.8, 4) is 0 Å². The van der Waals surface area contributed by atoms with Gasteiger partial charge in [-0.25, -0.2) is 0 Å². The first kappa shape index (κ1) is 16.0. The zero-order chi connectivity index (χ0) is 12.6. The summed E-state index contributed by atoms with van der Waals surface area (Å²) in [4.78, 5) is 0. The van der Waals surface area contributed by atoms with Crippen molar-refractivity contribution in [1.29, 1.82) is 0 Å². The lowest BCUT2D eigenvalue weighted by Gasteiger charge is -2.33. The molecule has 2 atom stereocenters. The Morgan fingerprint density at radius 3 is 1.81 bits per heavy atom. The van der Waals surface area contributed by atoms with Crippen LogP contribution in [0.1, 0.15) is 27.2 Å². The van der Waals surface area contributed by atoms with Crippen LogP contribution in [0.4, 0.5) is 0 Å². The Labute approximate surface area is 99.3 Å². The van der Waals surface area contributed by atoms with Crippen molar-refractivity contribution in [3.05, 3.63) is 0 Å². The minimum Gasteiger partial charge on any atom is -0.375 e. The predicted octanol–water partition coefficient (Wildman–Crippen LogP) is 1.58. The molecule has 0 heterocycles. The summed E-state index contributed by atoms with van der Waals surface area (Å²) in [5, 5.41) is 0. The maximum atomic E-state index is 5.74. The van der Waals surface area contributed by atoms with Crippen molar-refractivity contribution in [2.75, 3.05) is 27.9 Å². The molecule has 0 aromatic carbocycles. The molecular weight excluding hydrogens is 228 g/mol. The summed E-state index contributed by atoms with van der Waals surface area (Å²) in [7, 11) is 2.00. The number of hydrogen-bond acceptors (Lipinski definition) is 5. The quantitative estimate of drug-likeness (QED) is 0.460. The first-order valence-corrected chi connectivity index (χ1v) is 7.32. The third kappa shape index (κ3) is 4.12. The molecule has 0 aliphatic carbocycles. The van der Waals surface area contributed by atoms with Gasteiger partial charge in [-0.05, 0) is 20.3 Å². The van der Waals surface area contributed by atoms with Crippen molar-refractivity contribution >= 4 is 8.80 Å². The van der Waals surface area contributed by atoms with Gasteiger partial charge in [0.05, 0.1) is 0 Å². The van der Waals surface area contributed by atoms with Gasteiger partial charge in [0.2, 0.25) is 0 Å². The minimum absolute atomic E-state index is 0.214. The first-order valence-electron chi connectivity index (χ1n) is 5.52. The molecule has 0 spiro atoms. The second kappa shape index (κ2) is 8.16. The topological polar surface area (TPSA) is 46.2 Å². The molecule has 2 unspecified atom stereocenters. The van der Waals surface area contributed by atoms with Gasteiger partial charge in [0, 0.05) is 27.9 Å². The average molecular weight is 252 g/mol. The summed E-state index contributed by atoms with van der Waals surface area (Å²) in [6, 6.07) is 0. The third-order valence-corrected chi connectivity index (χ3v) is 5.42. The molecule has 98 valence electrons. The normalized spacial score (nSPS) is 16.1. The van der Waals surface area contributed by atoms with Crippen LogP contribution in [0.5, 0.6) is 0 Å². The fourth-order valence-electron chi connectivity index (χ4n) is 1.58. The SMILES string of the molecule is CCOC(C)OC(CC)[Si](OC)(OC)OC. The lowest BCUT2D eigenvalue weighted by molar-refractivity contribution is -0.154. The molecular formula is C10H24O5Si. The van der Waals surface area contributed by atoms with Gasteiger partial charge < -0.3 is 22.8 Å². The van der Waals surface area contributed by atoms with E-state index in [1.807, 2.05) is 20.8 Å². The fraction of sp³-hybridized carbons (Fsp3) is 1.00. The van der Waals surface area contributed by atoms with Crippen LogP contribution >= 0.6 is 0 Å². The van der Waals surface area contributed by atoms with Crippen LogP contribution < -0.4 is 0 Å². The van der Waals surface area contributed by atoms with Crippen molar-refractivity contribution in [1.82, 2.24) is 0 Å². The summed E-state index contributed by atoms with van der Waals surface area (Å²) in [5.74, 6) is 0. The highest BCUT2D eigenvalue weighted by atomic mass is 28.4. The molecule has 0 aromatic heterocycles. The summed E-state index contributed by atoms with van der Waals surface area (Å²) in [6.07, 6.45) is 0.460. The minimum atomic E-state index is -2.74. The van der Waals surface area contributed by atoms with E-state index in [1.54, 1.807) is 21.3 Å². The molecule has 0 aromatic rings. The molecule has 0 rings (SSSR count). The summed E-state index contributed by atoms with van der Waals surface area (Å²) >= 11 is 0. The number of rotatable bonds is 9. The van der Waals surface area contributed by atoms with Gasteiger partial charge in [0.15, 0.2) is 6.29 Å². The second-order valence-corrected chi connectivity index (χ2v) is 6.35. The molecule has 0 fully saturated rings. The van der Waals surface area contributed by atoms with E-state index in [9.17, 15) is 0 Å². The first-order chi connectivity index (χ1) is 7.60. The Bertz CT molecular complexity index is 166. The maximum Gasteiger partial charge on any atom is 0.530 e. The highest BCUT2D eigenvalue weighted by Crippen LogP contribution is 2.19. The Hall–Kier alpha value is 0.0169. The van der Waals surface area contributed by atoms with Gasteiger partial charge >= 0.3 is 8.80 Å². The van der Waals surface area contributed by atoms with E-state index in [2.05, 4.69) is 0 Å². The summed E-state index contributed by atoms with van der Waals surface area (Å²) < 4.78 is 27.2. The summed E-state index contributed by atoms with van der Waals surface area (Å²) in [6.45, 7) is 6.39. The van der Waals surface area contributed by atoms with Crippen molar-refractivity contribution in [3.63, 3.8) is 0 Å². The molecule has 5 nitrogen and oxygen atoms in total. The zero-order valence-electron chi connectivity index (χ0n) is 11.1. The smallest absolute Gasteiger partial charge is 0.375 e. The zero-order valence-corrected chi connectivity index (χ0v) is 12.1. The Morgan fingerprint density at radius 2 is 1.50 bits per heavy atom. The van der Waals surface area contributed by atoms with E-state index in [0.29, 0.717) is 6.61 Å². The predicted molar refractivity (Wildman–Crippen MR) is 63.0 cm³/mol. The molecule has 0 aliphatic rings. The highest BCUT2D eigenvalue weighted by Gasteiger charge is 2.48. The van der Waals surface area contributed by atoms with E-state index in [1.165, 1.54) is 0 Å². The summed E-state index contributed by atoms with van der Waals surface area (Å²) in [5.41, 5.74) is -0.214. The fourth-order valence-corrected chi connectivity index (χ4v) is 3.73. The Kier molecular flexibility index (Phi) is 8.17. The molecule has 0 saturated carbocycles. The molecule has 0 aliphatic heterocycles. The molecule has 16 heavy (non-hydrogen) atoms. The molecule has 6 heteroatoms. The van der Waals surface area contributed by atoms with E-state index >= 15 is 0 Å². The van der Waals surface area contributed by atoms with Crippen LogP contribution in [0.2, 0.25) is 0 Å². The molecule has 0 saturated heterocycles. The lowest BCUT2D eigenvalue weighted by Crippen LogP contribution is -2.56. The van der Waals surface area contributed by atoms with E-state index < -0.39 is 8.80 Å². The van der Waals surface area contributed by atoms with Crippen molar-refractivity contribution in [2.24, 2.45) is 0 Å². The largest absolute Gasteiger partial charge is 0.530 e. The molecule has 0 N–H and O–H groups in total. The number of hydrogen-bond donors (Lipinski definition) is 0.